The van der Waals surface area contributed by atoms with Crippen molar-refractivity contribution < 1.29 is 4.79 Å². The number of carbonyl (C=O) groups is 1. The smallest absolute Gasteiger partial charge is 0.318 e. The zero-order chi connectivity index (χ0) is 13.2. The largest absolute Gasteiger partial charge is 0.329 e. The summed E-state index contributed by atoms with van der Waals surface area (Å²) in [4.78, 5) is 13.9. The van der Waals surface area contributed by atoms with Gasteiger partial charge >= 0.3 is 6.03 Å². The van der Waals surface area contributed by atoms with Crippen molar-refractivity contribution in [2.24, 2.45) is 0 Å². The van der Waals surface area contributed by atoms with E-state index in [1.807, 2.05) is 17.0 Å². The van der Waals surface area contributed by atoms with Crippen molar-refractivity contribution in [3.05, 3.63) is 34.3 Å². The molecule has 102 valence electrons. The first-order valence-corrected chi connectivity index (χ1v) is 7.56. The lowest BCUT2D eigenvalue weighted by atomic mass is 10.1. The molecule has 2 heterocycles. The zero-order valence-electron chi connectivity index (χ0n) is 10.7. The van der Waals surface area contributed by atoms with Gasteiger partial charge in [0, 0.05) is 23.6 Å². The van der Waals surface area contributed by atoms with Gasteiger partial charge in [-0.25, -0.2) is 4.79 Å². The third kappa shape index (κ3) is 2.92. The highest BCUT2D eigenvalue weighted by Crippen LogP contribution is 2.23. The number of benzene rings is 1. The quantitative estimate of drug-likeness (QED) is 0.896. The molecule has 2 aliphatic rings. The van der Waals surface area contributed by atoms with Gasteiger partial charge in [0.1, 0.15) is 0 Å². The van der Waals surface area contributed by atoms with E-state index in [0.717, 1.165) is 29.7 Å². The van der Waals surface area contributed by atoms with Crippen molar-refractivity contribution in [1.29, 1.82) is 0 Å². The predicted octanol–water partition coefficient (Wildman–Crippen LogP) is 2.27. The monoisotopic (exact) mass is 323 g/mol. The van der Waals surface area contributed by atoms with Crippen LogP contribution in [-0.4, -0.2) is 36.6 Å². The maximum Gasteiger partial charge on any atom is 0.318 e. The summed E-state index contributed by atoms with van der Waals surface area (Å²) in [5, 5.41) is 6.50. The first-order chi connectivity index (χ1) is 9.22. The number of hydrogen-bond acceptors (Lipinski definition) is 2. The Morgan fingerprint density at radius 1 is 1.42 bits per heavy atom. The second-order valence-corrected chi connectivity index (χ2v) is 6.17. The minimum Gasteiger partial charge on any atom is -0.329 e. The number of urea groups is 1. The van der Waals surface area contributed by atoms with Gasteiger partial charge < -0.3 is 15.5 Å². The van der Waals surface area contributed by atoms with Crippen molar-refractivity contribution >= 4 is 22.0 Å². The van der Waals surface area contributed by atoms with Gasteiger partial charge in [-0.15, -0.1) is 0 Å². The summed E-state index contributed by atoms with van der Waals surface area (Å²) in [5.41, 5.74) is 1.16. The number of hydrogen-bond donors (Lipinski definition) is 2. The molecule has 2 N–H and O–H groups in total. The molecule has 2 saturated heterocycles. The van der Waals surface area contributed by atoms with Crippen LogP contribution in [0.15, 0.2) is 28.7 Å². The molecular weight excluding hydrogens is 306 g/mol. The van der Waals surface area contributed by atoms with Gasteiger partial charge in [-0.3, -0.25) is 0 Å². The second-order valence-electron chi connectivity index (χ2n) is 5.26. The summed E-state index contributed by atoms with van der Waals surface area (Å²) in [6.07, 6.45) is 2.39. The van der Waals surface area contributed by atoms with Gasteiger partial charge in [0.2, 0.25) is 0 Å². The highest BCUT2D eigenvalue weighted by atomic mass is 79.9. The summed E-state index contributed by atoms with van der Waals surface area (Å²) in [6, 6.07) is 8.76. The van der Waals surface area contributed by atoms with Crippen LogP contribution in [0.4, 0.5) is 4.79 Å². The molecule has 2 fully saturated rings. The van der Waals surface area contributed by atoms with Gasteiger partial charge in [0.25, 0.3) is 0 Å². The number of rotatable bonds is 3. The Balaban J connectivity index is 1.65. The van der Waals surface area contributed by atoms with Gasteiger partial charge in [-0.05, 0) is 37.1 Å². The van der Waals surface area contributed by atoms with E-state index in [2.05, 4.69) is 38.7 Å². The molecule has 4 nitrogen and oxygen atoms in total. The highest BCUT2D eigenvalue weighted by Gasteiger charge is 2.31. The topological polar surface area (TPSA) is 44.4 Å². The Kier molecular flexibility index (Phi) is 3.75. The fourth-order valence-electron chi connectivity index (χ4n) is 2.84. The van der Waals surface area contributed by atoms with Crippen molar-refractivity contribution in [3.63, 3.8) is 0 Å². The average Bonchev–Trinajstić information content (AvgIpc) is 3.01. The van der Waals surface area contributed by atoms with Gasteiger partial charge in [-0.1, -0.05) is 28.1 Å². The maximum atomic E-state index is 12.0. The van der Waals surface area contributed by atoms with Crippen LogP contribution in [0, 0.1) is 0 Å². The molecular formula is C14H18BrN3O. The van der Waals surface area contributed by atoms with Crippen molar-refractivity contribution in [3.8, 4) is 0 Å². The molecule has 2 aliphatic heterocycles. The molecule has 2 atom stereocenters. The van der Waals surface area contributed by atoms with E-state index in [1.165, 1.54) is 12.8 Å². The van der Waals surface area contributed by atoms with Crippen molar-refractivity contribution in [2.75, 3.05) is 19.6 Å². The van der Waals surface area contributed by atoms with E-state index < -0.39 is 0 Å². The molecule has 1 aromatic rings. The molecule has 0 saturated carbocycles. The summed E-state index contributed by atoms with van der Waals surface area (Å²) >= 11 is 3.47. The van der Waals surface area contributed by atoms with E-state index >= 15 is 0 Å². The van der Waals surface area contributed by atoms with E-state index in [0.29, 0.717) is 6.04 Å². The molecule has 2 unspecified atom stereocenters. The average molecular weight is 324 g/mol. The van der Waals surface area contributed by atoms with Gasteiger partial charge in [0.05, 0.1) is 6.04 Å². The lowest BCUT2D eigenvalue weighted by Crippen LogP contribution is -2.39. The van der Waals surface area contributed by atoms with Crippen LogP contribution >= 0.6 is 15.9 Å². The molecule has 0 bridgehead atoms. The van der Waals surface area contributed by atoms with E-state index in [9.17, 15) is 4.79 Å². The number of carbonyl (C=O) groups excluding carboxylic acids is 1. The van der Waals surface area contributed by atoms with Crippen LogP contribution in [-0.2, 0) is 0 Å². The van der Waals surface area contributed by atoms with Crippen LogP contribution in [0.5, 0.6) is 0 Å². The molecule has 19 heavy (non-hydrogen) atoms. The van der Waals surface area contributed by atoms with Crippen LogP contribution < -0.4 is 10.6 Å². The Morgan fingerprint density at radius 3 is 3.05 bits per heavy atom. The zero-order valence-corrected chi connectivity index (χ0v) is 12.3. The van der Waals surface area contributed by atoms with Gasteiger partial charge in [-0.2, -0.15) is 0 Å². The normalized spacial score (nSPS) is 26.8. The fraction of sp³-hybridized carbons (Fsp3) is 0.500. The Hall–Kier alpha value is -1.07. The number of amides is 2. The van der Waals surface area contributed by atoms with E-state index in [-0.39, 0.29) is 12.1 Å². The minimum absolute atomic E-state index is 0.0543. The Labute approximate surface area is 121 Å². The van der Waals surface area contributed by atoms with Crippen molar-refractivity contribution in [2.45, 2.75) is 24.9 Å². The lowest BCUT2D eigenvalue weighted by molar-refractivity contribution is 0.213. The summed E-state index contributed by atoms with van der Waals surface area (Å²) in [7, 11) is 0. The Morgan fingerprint density at radius 2 is 2.32 bits per heavy atom. The summed E-state index contributed by atoms with van der Waals surface area (Å²) < 4.78 is 1.05. The first kappa shape index (κ1) is 12.9. The van der Waals surface area contributed by atoms with E-state index in [1.54, 1.807) is 0 Å². The second kappa shape index (κ2) is 5.51. The highest BCUT2D eigenvalue weighted by molar-refractivity contribution is 9.10. The molecule has 0 spiro atoms. The van der Waals surface area contributed by atoms with Crippen LogP contribution in [0.3, 0.4) is 0 Å². The van der Waals surface area contributed by atoms with Gasteiger partial charge in [0.15, 0.2) is 0 Å². The molecule has 1 aromatic carbocycles. The van der Waals surface area contributed by atoms with E-state index in [4.69, 9.17) is 0 Å². The van der Waals surface area contributed by atoms with Crippen LogP contribution in [0.2, 0.25) is 0 Å². The fourth-order valence-corrected chi connectivity index (χ4v) is 3.25. The van der Waals surface area contributed by atoms with Crippen LogP contribution in [0.1, 0.15) is 24.4 Å². The molecule has 0 aromatic heterocycles. The molecule has 3 rings (SSSR count). The standard InChI is InChI=1S/C14H18BrN3O/c15-11-4-1-3-10(7-11)13-9-18(14(19)17-13)8-12-5-2-6-16-12/h1,3-4,7,12-13,16H,2,5-6,8-9H2,(H,17,19). The Bertz CT molecular complexity index is 474. The number of nitrogens with one attached hydrogen (secondary N) is 2. The third-order valence-electron chi connectivity index (χ3n) is 3.84. The number of nitrogens with zero attached hydrogens (tertiary/aromatic N) is 1. The molecule has 5 heteroatoms. The molecule has 0 radical (unpaired) electrons. The number of halogens is 1. The molecule has 0 aliphatic carbocycles. The SMILES string of the molecule is O=C1NC(c2cccc(Br)c2)CN1CC1CCCN1. The minimum atomic E-state index is 0.0543. The summed E-state index contributed by atoms with van der Waals surface area (Å²) in [6.45, 7) is 2.65. The van der Waals surface area contributed by atoms with Crippen LogP contribution in [0.25, 0.3) is 0 Å². The lowest BCUT2D eigenvalue weighted by Gasteiger charge is -2.19. The first-order valence-electron chi connectivity index (χ1n) is 6.76. The third-order valence-corrected chi connectivity index (χ3v) is 4.34. The molecule has 2 amide bonds. The predicted molar refractivity (Wildman–Crippen MR) is 78.0 cm³/mol. The summed E-state index contributed by atoms with van der Waals surface area (Å²) in [5.74, 6) is 0. The maximum absolute atomic E-state index is 12.0. The van der Waals surface area contributed by atoms with Crippen molar-refractivity contribution in [1.82, 2.24) is 15.5 Å².